The Morgan fingerprint density at radius 3 is 2.78 bits per heavy atom. The standard InChI is InChI=1S/C14H24N2OS/c1-4-15-12(8-13-10-18-11(2)16-13)9-14(17-3)6-5-7-14/h10,12,15H,4-9H2,1-3H3. The summed E-state index contributed by atoms with van der Waals surface area (Å²) in [5, 5.41) is 6.92. The number of aryl methyl sites for hydroxylation is 1. The van der Waals surface area contributed by atoms with Gasteiger partial charge in [0.2, 0.25) is 0 Å². The van der Waals surface area contributed by atoms with Gasteiger partial charge >= 0.3 is 0 Å². The first kappa shape index (κ1) is 14.0. The lowest BCUT2D eigenvalue weighted by Gasteiger charge is -2.43. The Labute approximate surface area is 114 Å². The van der Waals surface area contributed by atoms with Crippen molar-refractivity contribution in [3.8, 4) is 0 Å². The molecule has 1 aromatic heterocycles. The van der Waals surface area contributed by atoms with Crippen LogP contribution in [0.1, 0.15) is 43.3 Å². The van der Waals surface area contributed by atoms with Crippen molar-refractivity contribution in [3.05, 3.63) is 16.1 Å². The van der Waals surface area contributed by atoms with Crippen LogP contribution >= 0.6 is 11.3 Å². The maximum atomic E-state index is 5.74. The Hall–Kier alpha value is -0.450. The number of rotatable bonds is 7. The zero-order valence-corrected chi connectivity index (χ0v) is 12.5. The van der Waals surface area contributed by atoms with E-state index in [4.69, 9.17) is 4.74 Å². The van der Waals surface area contributed by atoms with Crippen molar-refractivity contribution in [3.63, 3.8) is 0 Å². The molecule has 0 saturated heterocycles. The highest BCUT2D eigenvalue weighted by molar-refractivity contribution is 7.09. The SMILES string of the molecule is CCNC(Cc1csc(C)n1)CC1(OC)CCC1. The van der Waals surface area contributed by atoms with Crippen molar-refractivity contribution in [2.24, 2.45) is 0 Å². The first-order valence-electron chi connectivity index (χ1n) is 6.87. The van der Waals surface area contributed by atoms with Crippen LogP contribution in [0.3, 0.4) is 0 Å². The molecule has 1 fully saturated rings. The molecule has 0 aromatic carbocycles. The average Bonchev–Trinajstić information content (AvgIpc) is 2.69. The van der Waals surface area contributed by atoms with Crippen LogP contribution in [0, 0.1) is 6.92 Å². The Morgan fingerprint density at radius 2 is 2.33 bits per heavy atom. The third kappa shape index (κ3) is 3.31. The molecule has 0 bridgehead atoms. The summed E-state index contributed by atoms with van der Waals surface area (Å²) in [4.78, 5) is 4.57. The minimum Gasteiger partial charge on any atom is -0.378 e. The summed E-state index contributed by atoms with van der Waals surface area (Å²) in [6.45, 7) is 5.24. The first-order chi connectivity index (χ1) is 8.67. The zero-order valence-electron chi connectivity index (χ0n) is 11.7. The molecule has 18 heavy (non-hydrogen) atoms. The Morgan fingerprint density at radius 1 is 1.56 bits per heavy atom. The smallest absolute Gasteiger partial charge is 0.0897 e. The number of aromatic nitrogens is 1. The van der Waals surface area contributed by atoms with Gasteiger partial charge in [0.15, 0.2) is 0 Å². The third-order valence-corrected chi connectivity index (χ3v) is 4.75. The van der Waals surface area contributed by atoms with Gasteiger partial charge in [0.25, 0.3) is 0 Å². The Kier molecular flexibility index (Phi) is 4.76. The lowest BCUT2D eigenvalue weighted by atomic mass is 9.75. The fourth-order valence-electron chi connectivity index (χ4n) is 2.77. The van der Waals surface area contributed by atoms with Crippen LogP contribution in [0.2, 0.25) is 0 Å². The van der Waals surface area contributed by atoms with Crippen LogP contribution in [-0.2, 0) is 11.2 Å². The summed E-state index contributed by atoms with van der Waals surface area (Å²) in [5.41, 5.74) is 1.35. The molecule has 1 aliphatic rings. The summed E-state index contributed by atoms with van der Waals surface area (Å²) < 4.78 is 5.74. The van der Waals surface area contributed by atoms with E-state index in [1.54, 1.807) is 11.3 Å². The lowest BCUT2D eigenvalue weighted by Crippen LogP contribution is -2.46. The number of nitrogens with zero attached hydrogens (tertiary/aromatic N) is 1. The van der Waals surface area contributed by atoms with Gasteiger partial charge in [-0.05, 0) is 39.2 Å². The molecule has 102 valence electrons. The number of nitrogens with one attached hydrogen (secondary N) is 1. The van der Waals surface area contributed by atoms with Gasteiger partial charge in [-0.15, -0.1) is 11.3 Å². The molecule has 1 aromatic rings. The largest absolute Gasteiger partial charge is 0.378 e. The summed E-state index contributed by atoms with van der Waals surface area (Å²) in [5.74, 6) is 0. The number of methoxy groups -OCH3 is 1. The monoisotopic (exact) mass is 268 g/mol. The second-order valence-corrected chi connectivity index (χ2v) is 6.32. The van der Waals surface area contributed by atoms with E-state index in [9.17, 15) is 0 Å². The topological polar surface area (TPSA) is 34.2 Å². The highest BCUT2D eigenvalue weighted by Crippen LogP contribution is 2.39. The fourth-order valence-corrected chi connectivity index (χ4v) is 3.40. The zero-order chi connectivity index (χ0) is 13.0. The minimum atomic E-state index is 0.137. The quantitative estimate of drug-likeness (QED) is 0.825. The number of hydrogen-bond acceptors (Lipinski definition) is 4. The molecule has 2 rings (SSSR count). The second kappa shape index (κ2) is 6.13. The summed E-state index contributed by atoms with van der Waals surface area (Å²) in [7, 11) is 1.86. The van der Waals surface area contributed by atoms with E-state index in [-0.39, 0.29) is 5.60 Å². The summed E-state index contributed by atoms with van der Waals surface area (Å²) in [6.07, 6.45) is 5.85. The fraction of sp³-hybridized carbons (Fsp3) is 0.786. The van der Waals surface area contributed by atoms with Crippen molar-refractivity contribution >= 4 is 11.3 Å². The lowest BCUT2D eigenvalue weighted by molar-refractivity contribution is -0.0833. The minimum absolute atomic E-state index is 0.137. The van der Waals surface area contributed by atoms with Crippen LogP contribution in [0.15, 0.2) is 5.38 Å². The predicted octanol–water partition coefficient (Wildman–Crippen LogP) is 2.93. The Bertz CT molecular complexity index is 368. The van der Waals surface area contributed by atoms with E-state index in [1.165, 1.54) is 25.0 Å². The normalized spacial score (nSPS) is 19.5. The third-order valence-electron chi connectivity index (χ3n) is 3.93. The molecular weight excluding hydrogens is 244 g/mol. The highest BCUT2D eigenvalue weighted by atomic mass is 32.1. The van der Waals surface area contributed by atoms with Crippen molar-refractivity contribution in [2.75, 3.05) is 13.7 Å². The van der Waals surface area contributed by atoms with Gasteiger partial charge in [0.05, 0.1) is 16.3 Å². The van der Waals surface area contributed by atoms with Crippen LogP contribution in [0.4, 0.5) is 0 Å². The number of thiazole rings is 1. The van der Waals surface area contributed by atoms with Gasteiger partial charge in [-0.3, -0.25) is 0 Å². The average molecular weight is 268 g/mol. The maximum Gasteiger partial charge on any atom is 0.0897 e. The van der Waals surface area contributed by atoms with Gasteiger partial charge in [0.1, 0.15) is 0 Å². The van der Waals surface area contributed by atoms with Crippen molar-refractivity contribution in [1.29, 1.82) is 0 Å². The van der Waals surface area contributed by atoms with Crippen LogP contribution in [-0.4, -0.2) is 30.3 Å². The molecule has 0 aliphatic heterocycles. The highest BCUT2D eigenvalue weighted by Gasteiger charge is 2.38. The molecule has 1 N–H and O–H groups in total. The van der Waals surface area contributed by atoms with Gasteiger partial charge in [-0.25, -0.2) is 4.98 Å². The summed E-state index contributed by atoms with van der Waals surface area (Å²) >= 11 is 1.74. The van der Waals surface area contributed by atoms with Crippen LogP contribution in [0.25, 0.3) is 0 Å². The molecule has 1 aliphatic carbocycles. The molecule has 1 atom stereocenters. The van der Waals surface area contributed by atoms with Gasteiger partial charge in [-0.1, -0.05) is 6.92 Å². The van der Waals surface area contributed by atoms with E-state index in [0.717, 1.165) is 24.4 Å². The molecule has 1 unspecified atom stereocenters. The van der Waals surface area contributed by atoms with Crippen LogP contribution in [0.5, 0.6) is 0 Å². The molecule has 0 spiro atoms. The van der Waals surface area contributed by atoms with E-state index >= 15 is 0 Å². The summed E-state index contributed by atoms with van der Waals surface area (Å²) in [6, 6.07) is 0.483. The predicted molar refractivity (Wildman–Crippen MR) is 76.2 cm³/mol. The molecular formula is C14H24N2OS. The molecule has 3 nitrogen and oxygen atoms in total. The molecule has 4 heteroatoms. The van der Waals surface area contributed by atoms with Crippen molar-refractivity contribution in [2.45, 2.75) is 57.6 Å². The molecule has 0 amide bonds. The van der Waals surface area contributed by atoms with Crippen LogP contribution < -0.4 is 5.32 Å². The van der Waals surface area contributed by atoms with E-state index < -0.39 is 0 Å². The van der Waals surface area contributed by atoms with E-state index in [0.29, 0.717) is 6.04 Å². The van der Waals surface area contributed by atoms with Gasteiger partial charge in [0, 0.05) is 25.0 Å². The second-order valence-electron chi connectivity index (χ2n) is 5.26. The Balaban J connectivity index is 1.95. The van der Waals surface area contributed by atoms with E-state index in [2.05, 4.69) is 29.5 Å². The van der Waals surface area contributed by atoms with Gasteiger partial charge in [-0.2, -0.15) is 0 Å². The first-order valence-corrected chi connectivity index (χ1v) is 7.75. The molecule has 1 saturated carbocycles. The van der Waals surface area contributed by atoms with E-state index in [1.807, 2.05) is 7.11 Å². The molecule has 0 radical (unpaired) electrons. The number of ether oxygens (including phenoxy) is 1. The van der Waals surface area contributed by atoms with Crippen molar-refractivity contribution < 1.29 is 4.74 Å². The number of hydrogen-bond donors (Lipinski definition) is 1. The number of likely N-dealkylation sites (N-methyl/N-ethyl adjacent to an activating group) is 1. The van der Waals surface area contributed by atoms with Crippen molar-refractivity contribution in [1.82, 2.24) is 10.3 Å². The molecule has 1 heterocycles. The van der Waals surface area contributed by atoms with Gasteiger partial charge < -0.3 is 10.1 Å². The maximum absolute atomic E-state index is 5.74.